The van der Waals surface area contributed by atoms with Crippen LogP contribution >= 0.6 is 11.6 Å². The van der Waals surface area contributed by atoms with Crippen LogP contribution in [0.1, 0.15) is 71.6 Å². The maximum Gasteiger partial charge on any atom is 0.347 e. The van der Waals surface area contributed by atoms with Crippen LogP contribution in [0.25, 0.3) is 0 Å². The number of hydrogen-bond acceptors (Lipinski definition) is 8. The van der Waals surface area contributed by atoms with E-state index in [2.05, 4.69) is 5.32 Å². The third-order valence-corrected chi connectivity index (χ3v) is 8.45. The van der Waals surface area contributed by atoms with Crippen molar-refractivity contribution >= 4 is 35.4 Å². The van der Waals surface area contributed by atoms with E-state index in [0.717, 1.165) is 11.1 Å². The lowest BCUT2D eigenvalue weighted by Crippen LogP contribution is -2.40. The van der Waals surface area contributed by atoms with E-state index in [1.165, 1.54) is 6.08 Å². The molecule has 3 rings (SSSR count). The molecule has 2 aromatic rings. The molecule has 2 amide bonds. The van der Waals surface area contributed by atoms with E-state index in [9.17, 15) is 19.2 Å². The Balaban J connectivity index is 1.59. The fourth-order valence-corrected chi connectivity index (χ4v) is 5.60. The Morgan fingerprint density at radius 3 is 2.31 bits per heavy atom. The third-order valence-electron chi connectivity index (χ3n) is 8.15. The van der Waals surface area contributed by atoms with Crippen molar-refractivity contribution in [2.75, 3.05) is 13.2 Å². The molecule has 1 aliphatic rings. The lowest BCUT2D eigenvalue weighted by molar-refractivity contribution is -0.176. The average Bonchev–Trinajstić information content (AvgIpc) is 3.85. The molecule has 1 saturated heterocycles. The number of carbonyl (C=O) groups excluding carboxylic acids is 4. The molecule has 11 heteroatoms. The molecule has 0 radical (unpaired) electrons. The summed E-state index contributed by atoms with van der Waals surface area (Å²) in [4.78, 5) is 50.8. The number of benzene rings is 2. The molecular weight excluding hydrogens is 636 g/mol. The van der Waals surface area contributed by atoms with Crippen LogP contribution in [0.2, 0.25) is 5.02 Å². The van der Waals surface area contributed by atoms with Crippen LogP contribution in [0.5, 0.6) is 5.75 Å². The Bertz CT molecular complexity index is 1420. The van der Waals surface area contributed by atoms with Crippen LogP contribution in [-0.2, 0) is 39.8 Å². The molecule has 2 aromatic carbocycles. The van der Waals surface area contributed by atoms with Gasteiger partial charge in [0.1, 0.15) is 18.0 Å². The van der Waals surface area contributed by atoms with Crippen molar-refractivity contribution in [3.63, 3.8) is 0 Å². The highest BCUT2D eigenvalue weighted by molar-refractivity contribution is 6.32. The first-order valence-corrected chi connectivity index (χ1v) is 16.9. The van der Waals surface area contributed by atoms with Crippen molar-refractivity contribution in [2.45, 2.75) is 85.2 Å². The summed E-state index contributed by atoms with van der Waals surface area (Å²) in [6.45, 7) is 11.6. The number of epoxide rings is 1. The average molecular weight is 685 g/mol. The minimum absolute atomic E-state index is 0.0159. The molecule has 0 spiro atoms. The van der Waals surface area contributed by atoms with Gasteiger partial charge in [0.2, 0.25) is 11.8 Å². The van der Waals surface area contributed by atoms with Crippen LogP contribution in [0.3, 0.4) is 0 Å². The number of rotatable bonds is 19. The van der Waals surface area contributed by atoms with Crippen molar-refractivity contribution in [3.8, 4) is 5.75 Å². The van der Waals surface area contributed by atoms with Gasteiger partial charge in [0.05, 0.1) is 23.7 Å². The zero-order chi connectivity index (χ0) is 35.4. The molecule has 0 bridgehead atoms. The summed E-state index contributed by atoms with van der Waals surface area (Å²) >= 11 is 6.29. The molecule has 0 unspecified atom stereocenters. The number of hydrogen-bond donors (Lipinski definition) is 2. The first-order chi connectivity index (χ1) is 22.8. The Labute approximate surface area is 288 Å². The maximum atomic E-state index is 13.5. The number of halogens is 1. The zero-order valence-corrected chi connectivity index (χ0v) is 29.4. The largest absolute Gasteiger partial charge is 0.492 e. The first kappa shape index (κ1) is 38.6. The monoisotopic (exact) mass is 684 g/mol. The van der Waals surface area contributed by atoms with Crippen molar-refractivity contribution in [2.24, 2.45) is 29.4 Å². The van der Waals surface area contributed by atoms with Crippen molar-refractivity contribution in [1.29, 1.82) is 0 Å². The van der Waals surface area contributed by atoms with E-state index in [0.29, 0.717) is 23.8 Å². The van der Waals surface area contributed by atoms with Gasteiger partial charge < -0.3 is 30.0 Å². The van der Waals surface area contributed by atoms with E-state index in [4.69, 9.17) is 36.3 Å². The van der Waals surface area contributed by atoms with Crippen molar-refractivity contribution in [1.82, 2.24) is 5.32 Å². The Morgan fingerprint density at radius 2 is 1.69 bits per heavy atom. The number of esters is 2. The molecule has 48 heavy (non-hydrogen) atoms. The Kier molecular flexibility index (Phi) is 14.9. The quantitative estimate of drug-likeness (QED) is 0.108. The van der Waals surface area contributed by atoms with E-state index < -0.39 is 36.0 Å². The number of amides is 2. The maximum absolute atomic E-state index is 13.5. The van der Waals surface area contributed by atoms with Gasteiger partial charge in [-0.15, -0.1) is 0 Å². The topological polar surface area (TPSA) is 147 Å². The fraction of sp³-hybridized carbons (Fsp3) is 0.514. The minimum Gasteiger partial charge on any atom is -0.492 e. The van der Waals surface area contributed by atoms with Gasteiger partial charge in [-0.2, -0.15) is 0 Å². The lowest BCUT2D eigenvalue weighted by Gasteiger charge is -2.26. The number of nitrogens with one attached hydrogen (secondary N) is 1. The minimum atomic E-state index is -1.15. The van der Waals surface area contributed by atoms with Gasteiger partial charge in [0, 0.05) is 24.8 Å². The summed E-state index contributed by atoms with van der Waals surface area (Å²) in [5.41, 5.74) is 7.18. The molecule has 7 atom stereocenters. The predicted molar refractivity (Wildman–Crippen MR) is 183 cm³/mol. The molecule has 1 fully saturated rings. The van der Waals surface area contributed by atoms with Gasteiger partial charge in [-0.25, -0.2) is 4.79 Å². The third kappa shape index (κ3) is 12.0. The normalized spacial score (nSPS) is 18.8. The molecule has 1 heterocycles. The number of ether oxygens (including phenoxy) is 4. The number of nitrogens with two attached hydrogens (primary N) is 1. The second-order valence-corrected chi connectivity index (χ2v) is 13.2. The van der Waals surface area contributed by atoms with Crippen LogP contribution < -0.4 is 15.8 Å². The summed E-state index contributed by atoms with van der Waals surface area (Å²) < 4.78 is 23.1. The molecule has 1 aliphatic heterocycles. The van der Waals surface area contributed by atoms with E-state index in [1.807, 2.05) is 64.1 Å². The highest BCUT2D eigenvalue weighted by Gasteiger charge is 2.47. The van der Waals surface area contributed by atoms with Crippen molar-refractivity contribution < 1.29 is 38.1 Å². The highest BCUT2D eigenvalue weighted by Crippen LogP contribution is 2.45. The predicted octanol–water partition coefficient (Wildman–Crippen LogP) is 5.75. The van der Waals surface area contributed by atoms with Gasteiger partial charge in [0.25, 0.3) is 0 Å². The second kappa shape index (κ2) is 18.6. The molecule has 262 valence electrons. The molecule has 10 nitrogen and oxygen atoms in total. The van der Waals surface area contributed by atoms with Crippen LogP contribution in [-0.4, -0.2) is 55.2 Å². The highest BCUT2D eigenvalue weighted by atomic mass is 35.5. The Hall–Kier alpha value is -3.89. The first-order valence-electron chi connectivity index (χ1n) is 16.6. The summed E-state index contributed by atoms with van der Waals surface area (Å²) in [5, 5.41) is 3.30. The van der Waals surface area contributed by atoms with Gasteiger partial charge in [-0.3, -0.25) is 14.4 Å². The van der Waals surface area contributed by atoms with Gasteiger partial charge >= 0.3 is 11.9 Å². The summed E-state index contributed by atoms with van der Waals surface area (Å²) in [5.74, 6) is -2.88. The fourth-order valence-electron chi connectivity index (χ4n) is 5.34. The van der Waals surface area contributed by atoms with Gasteiger partial charge in [-0.05, 0) is 55.0 Å². The van der Waals surface area contributed by atoms with Crippen molar-refractivity contribution in [3.05, 3.63) is 76.8 Å². The molecule has 0 saturated carbocycles. The summed E-state index contributed by atoms with van der Waals surface area (Å²) in [7, 11) is 0. The zero-order valence-electron chi connectivity index (χ0n) is 28.6. The van der Waals surface area contributed by atoms with Gasteiger partial charge in [0.15, 0.2) is 6.10 Å². The standard InChI is InChI=1S/C37H49ClN2O8/c1-7-45-30-17-16-26(20-28(30)38)19-23(4)35(42)40-21-24(5)36(43)47-31(18-22(2)3)37(44)46-29(14-11-15-32(39)41)25(6)33-34(48-33)27-12-9-8-10-13-27/h8-13,15-17,20,22-25,29,31,33-34H,7,14,18-19,21H2,1-6H3,(H2,39,41)(H,40,42)/b15-11+/t23-,24-,25+,29+,31+,33-,34-/m1/s1. The van der Waals surface area contributed by atoms with Gasteiger partial charge in [-0.1, -0.05) is 88.7 Å². The molecule has 0 aromatic heterocycles. The second-order valence-electron chi connectivity index (χ2n) is 12.8. The number of primary amides is 1. The van der Waals surface area contributed by atoms with Crippen LogP contribution in [0.4, 0.5) is 0 Å². The van der Waals surface area contributed by atoms with Crippen LogP contribution in [0.15, 0.2) is 60.7 Å². The summed E-state index contributed by atoms with van der Waals surface area (Å²) in [6.07, 6.45) is 1.56. The Morgan fingerprint density at radius 1 is 0.979 bits per heavy atom. The van der Waals surface area contributed by atoms with E-state index in [-0.39, 0.29) is 55.3 Å². The smallest absolute Gasteiger partial charge is 0.347 e. The summed E-state index contributed by atoms with van der Waals surface area (Å²) in [6, 6.07) is 15.2. The molecule has 0 aliphatic carbocycles. The lowest BCUT2D eigenvalue weighted by atomic mass is 9.93. The number of carbonyl (C=O) groups is 4. The van der Waals surface area contributed by atoms with E-state index in [1.54, 1.807) is 32.1 Å². The van der Waals surface area contributed by atoms with E-state index >= 15 is 0 Å². The molecule has 3 N–H and O–H groups in total. The molecular formula is C37H49ClN2O8. The van der Waals surface area contributed by atoms with Crippen LogP contribution in [0, 0.1) is 23.7 Å². The SMILES string of the molecule is CCOc1ccc(C[C@@H](C)C(=O)NC[C@@H](C)C(=O)O[C@@H](CC(C)C)C(=O)O[C@@H](C/C=C/C(N)=O)[C@H](C)[C@H]2O[C@@H]2c2ccccc2)cc1Cl.